The van der Waals surface area contributed by atoms with E-state index < -0.39 is 0 Å². The molecule has 4 nitrogen and oxygen atoms in total. The van der Waals surface area contributed by atoms with Gasteiger partial charge in [-0.3, -0.25) is 4.79 Å². The summed E-state index contributed by atoms with van der Waals surface area (Å²) in [5.74, 6) is 1.54. The molecule has 0 radical (unpaired) electrons. The monoisotopic (exact) mass is 221 g/mol. The third-order valence-electron chi connectivity index (χ3n) is 1.76. The highest BCUT2D eigenvalue weighted by Gasteiger charge is 2.15. The van der Waals surface area contributed by atoms with Gasteiger partial charge in [-0.05, 0) is 19.2 Å². The summed E-state index contributed by atoms with van der Waals surface area (Å²) >= 11 is 1.73. The van der Waals surface area contributed by atoms with Crippen LogP contribution in [0.5, 0.6) is 0 Å². The molecule has 1 atom stereocenters. The summed E-state index contributed by atoms with van der Waals surface area (Å²) in [4.78, 5) is 11.1. The van der Waals surface area contributed by atoms with Crippen molar-refractivity contribution in [1.29, 1.82) is 0 Å². The van der Waals surface area contributed by atoms with Crippen molar-refractivity contribution in [2.75, 3.05) is 39.4 Å². The molecule has 0 aromatic rings. The molecule has 0 rings (SSSR count). The minimum Gasteiger partial charge on any atom is -0.468 e. The van der Waals surface area contributed by atoms with E-state index in [4.69, 9.17) is 4.74 Å². The molecule has 5 heteroatoms. The fourth-order valence-corrected chi connectivity index (χ4v) is 1.95. The van der Waals surface area contributed by atoms with Gasteiger partial charge in [-0.15, -0.1) is 0 Å². The zero-order valence-electron chi connectivity index (χ0n) is 9.04. The van der Waals surface area contributed by atoms with Gasteiger partial charge in [0.1, 0.15) is 6.04 Å². The maximum Gasteiger partial charge on any atom is 0.323 e. The van der Waals surface area contributed by atoms with Gasteiger partial charge in [0, 0.05) is 19.5 Å². The smallest absolute Gasteiger partial charge is 0.323 e. The molecule has 0 bridgehead atoms. The van der Waals surface area contributed by atoms with Gasteiger partial charge in [-0.1, -0.05) is 0 Å². The molecule has 0 saturated heterocycles. The Bertz CT molecular complexity index is 155. The number of hydrogen-bond acceptors (Lipinski definition) is 5. The maximum atomic E-state index is 11.1. The lowest BCUT2D eigenvalue weighted by Crippen LogP contribution is -2.37. The molecule has 0 aromatic heterocycles. The summed E-state index contributed by atoms with van der Waals surface area (Å²) in [6, 6.07) is -0.201. The third-order valence-corrected chi connectivity index (χ3v) is 2.90. The Morgan fingerprint density at radius 2 is 2.21 bits per heavy atom. The zero-order valence-corrected chi connectivity index (χ0v) is 9.86. The van der Waals surface area contributed by atoms with Crippen molar-refractivity contribution in [2.45, 2.75) is 12.5 Å². The Labute approximate surface area is 89.7 Å². The number of rotatable bonds is 8. The third kappa shape index (κ3) is 6.23. The highest BCUT2D eigenvalue weighted by Crippen LogP contribution is 2.05. The lowest BCUT2D eigenvalue weighted by molar-refractivity contribution is -0.142. The number of thioether (sulfide) groups is 1. The van der Waals surface area contributed by atoms with E-state index in [-0.39, 0.29) is 12.0 Å². The Morgan fingerprint density at radius 3 is 2.71 bits per heavy atom. The molecule has 0 fully saturated rings. The fourth-order valence-electron chi connectivity index (χ4n) is 0.918. The van der Waals surface area contributed by atoms with Crippen LogP contribution in [0, 0.1) is 0 Å². The summed E-state index contributed by atoms with van der Waals surface area (Å²) in [6.45, 7) is 0.773. The molecule has 0 saturated carbocycles. The van der Waals surface area contributed by atoms with Gasteiger partial charge in [-0.25, -0.2) is 0 Å². The average Bonchev–Trinajstić information content (AvgIpc) is 2.22. The summed E-state index contributed by atoms with van der Waals surface area (Å²) in [5.41, 5.74) is 0. The molecule has 84 valence electrons. The molecule has 14 heavy (non-hydrogen) atoms. The van der Waals surface area contributed by atoms with E-state index in [1.807, 2.05) is 0 Å². The van der Waals surface area contributed by atoms with E-state index in [0.29, 0.717) is 0 Å². The van der Waals surface area contributed by atoms with E-state index in [1.54, 1.807) is 25.9 Å². The average molecular weight is 221 g/mol. The first-order valence-electron chi connectivity index (χ1n) is 4.58. The Hall–Kier alpha value is -0.260. The quantitative estimate of drug-likeness (QED) is 0.478. The minimum absolute atomic E-state index is 0.201. The molecule has 0 heterocycles. The second-order valence-electron chi connectivity index (χ2n) is 2.79. The maximum absolute atomic E-state index is 11.1. The van der Waals surface area contributed by atoms with E-state index in [1.165, 1.54) is 7.11 Å². The molecular formula is C9H19NO3S. The van der Waals surface area contributed by atoms with Crippen LogP contribution in [0.3, 0.4) is 0 Å². The van der Waals surface area contributed by atoms with Crippen LogP contribution in [0.4, 0.5) is 0 Å². The summed E-state index contributed by atoms with van der Waals surface area (Å²) in [7, 11) is 4.86. The Balaban J connectivity index is 3.48. The first kappa shape index (κ1) is 13.7. The van der Waals surface area contributed by atoms with E-state index in [2.05, 4.69) is 10.1 Å². The Morgan fingerprint density at radius 1 is 1.50 bits per heavy atom. The molecule has 1 unspecified atom stereocenters. The number of carbonyl (C=O) groups is 1. The number of likely N-dealkylation sites (N-methyl/N-ethyl adjacent to an activating group) is 1. The molecule has 0 amide bonds. The van der Waals surface area contributed by atoms with E-state index >= 15 is 0 Å². The van der Waals surface area contributed by atoms with Crippen molar-refractivity contribution in [2.24, 2.45) is 0 Å². The first-order chi connectivity index (χ1) is 6.76. The summed E-state index contributed by atoms with van der Waals surface area (Å²) < 4.78 is 9.57. The van der Waals surface area contributed by atoms with Crippen LogP contribution in [-0.2, 0) is 14.3 Å². The topological polar surface area (TPSA) is 47.6 Å². The highest BCUT2D eigenvalue weighted by atomic mass is 32.2. The number of carbonyl (C=O) groups excluding carboxylic acids is 1. The number of hydrogen-bond donors (Lipinski definition) is 1. The standard InChI is InChI=1S/C9H19NO3S/c1-10-8(9(11)13-3)7-14-6-4-5-12-2/h8,10H,4-7H2,1-3H3. The number of ether oxygens (including phenoxy) is 2. The van der Waals surface area contributed by atoms with Gasteiger partial charge in [0.2, 0.25) is 0 Å². The molecule has 0 aliphatic heterocycles. The van der Waals surface area contributed by atoms with Gasteiger partial charge >= 0.3 is 5.97 Å². The molecule has 0 aliphatic carbocycles. The predicted octanol–water partition coefficient (Wildman–Crippen LogP) is 0.517. The van der Waals surface area contributed by atoms with Gasteiger partial charge < -0.3 is 14.8 Å². The summed E-state index contributed by atoms with van der Waals surface area (Å²) in [5, 5.41) is 2.92. The highest BCUT2D eigenvalue weighted by molar-refractivity contribution is 7.99. The van der Waals surface area contributed by atoms with Gasteiger partial charge in [0.15, 0.2) is 0 Å². The molecule has 1 N–H and O–H groups in total. The zero-order chi connectivity index (χ0) is 10.8. The number of nitrogens with one attached hydrogen (secondary N) is 1. The van der Waals surface area contributed by atoms with E-state index in [9.17, 15) is 4.79 Å². The van der Waals surface area contributed by atoms with Crippen molar-refractivity contribution in [3.63, 3.8) is 0 Å². The van der Waals surface area contributed by atoms with Crippen molar-refractivity contribution >= 4 is 17.7 Å². The molecule has 0 aromatic carbocycles. The second-order valence-corrected chi connectivity index (χ2v) is 3.94. The Kier molecular flexibility index (Phi) is 9.13. The minimum atomic E-state index is -0.202. The van der Waals surface area contributed by atoms with Crippen molar-refractivity contribution in [3.8, 4) is 0 Å². The SMILES string of the molecule is CNC(CSCCCOC)C(=O)OC. The van der Waals surface area contributed by atoms with Crippen molar-refractivity contribution < 1.29 is 14.3 Å². The number of methoxy groups -OCH3 is 2. The normalized spacial score (nSPS) is 12.5. The van der Waals surface area contributed by atoms with Gasteiger partial charge in [0.05, 0.1) is 7.11 Å². The van der Waals surface area contributed by atoms with Crippen LogP contribution in [0.15, 0.2) is 0 Å². The second kappa shape index (κ2) is 9.30. The summed E-state index contributed by atoms with van der Waals surface area (Å²) in [6.07, 6.45) is 1.01. The van der Waals surface area contributed by atoms with Crippen LogP contribution in [0.2, 0.25) is 0 Å². The fraction of sp³-hybridized carbons (Fsp3) is 0.889. The van der Waals surface area contributed by atoms with Crippen LogP contribution in [0.25, 0.3) is 0 Å². The van der Waals surface area contributed by atoms with Crippen LogP contribution >= 0.6 is 11.8 Å². The van der Waals surface area contributed by atoms with Crippen LogP contribution < -0.4 is 5.32 Å². The van der Waals surface area contributed by atoms with Gasteiger partial charge in [-0.2, -0.15) is 11.8 Å². The van der Waals surface area contributed by atoms with Crippen molar-refractivity contribution in [3.05, 3.63) is 0 Å². The number of esters is 1. The largest absolute Gasteiger partial charge is 0.468 e. The van der Waals surface area contributed by atoms with Crippen molar-refractivity contribution in [1.82, 2.24) is 5.32 Å². The lowest BCUT2D eigenvalue weighted by Gasteiger charge is -2.12. The predicted molar refractivity (Wildman–Crippen MR) is 58.7 cm³/mol. The van der Waals surface area contributed by atoms with Gasteiger partial charge in [0.25, 0.3) is 0 Å². The lowest BCUT2D eigenvalue weighted by atomic mass is 10.3. The first-order valence-corrected chi connectivity index (χ1v) is 5.73. The molecule has 0 spiro atoms. The van der Waals surface area contributed by atoms with Crippen LogP contribution in [0.1, 0.15) is 6.42 Å². The molecule has 0 aliphatic rings. The molecular weight excluding hydrogens is 202 g/mol. The van der Waals surface area contributed by atoms with Crippen LogP contribution in [-0.4, -0.2) is 51.4 Å². The van der Waals surface area contributed by atoms with E-state index in [0.717, 1.165) is 24.5 Å².